The van der Waals surface area contributed by atoms with Crippen LogP contribution in [-0.4, -0.2) is 41.5 Å². The lowest BCUT2D eigenvalue weighted by Gasteiger charge is -2.27. The minimum Gasteiger partial charge on any atom is -0.454 e. The van der Waals surface area contributed by atoms with Crippen LogP contribution >= 0.6 is 11.3 Å². The summed E-state index contributed by atoms with van der Waals surface area (Å²) in [5.74, 6) is 1.09. The molecule has 2 heterocycles. The summed E-state index contributed by atoms with van der Waals surface area (Å²) in [6.07, 6.45) is 6.19. The Hall–Kier alpha value is -3.58. The fraction of sp³-hybridized carbons (Fsp3) is 0.333. The number of rotatable bonds is 13. The van der Waals surface area contributed by atoms with E-state index in [1.165, 1.54) is 18.4 Å². The smallest absolute Gasteiger partial charge is 0.254 e. The van der Waals surface area contributed by atoms with E-state index in [2.05, 4.69) is 13.5 Å². The number of benzene rings is 2. The first-order chi connectivity index (χ1) is 18.1. The molecular formula is C30H34N2O4S. The second-order valence-electron chi connectivity index (χ2n) is 9.15. The third kappa shape index (κ3) is 7.23. The number of carbonyl (C=O) groups excluding carboxylic acids is 2. The van der Waals surface area contributed by atoms with Gasteiger partial charge in [0.05, 0.1) is 6.54 Å². The van der Waals surface area contributed by atoms with Gasteiger partial charge in [-0.1, -0.05) is 50.1 Å². The van der Waals surface area contributed by atoms with Gasteiger partial charge >= 0.3 is 0 Å². The van der Waals surface area contributed by atoms with Crippen molar-refractivity contribution in [2.75, 3.05) is 19.9 Å². The van der Waals surface area contributed by atoms with Crippen molar-refractivity contribution in [3.8, 4) is 11.5 Å². The molecule has 0 saturated heterocycles. The van der Waals surface area contributed by atoms with Crippen LogP contribution in [0.4, 0.5) is 0 Å². The van der Waals surface area contributed by atoms with E-state index in [-0.39, 0.29) is 25.2 Å². The first-order valence-electron chi connectivity index (χ1n) is 12.7. The number of hydrogen-bond acceptors (Lipinski definition) is 5. The number of aryl methyl sites for hydroxylation is 1. The van der Waals surface area contributed by atoms with Crippen molar-refractivity contribution in [3.05, 3.63) is 94.2 Å². The lowest BCUT2D eigenvalue weighted by molar-refractivity contribution is -0.133. The Morgan fingerprint density at radius 2 is 1.76 bits per heavy atom. The Morgan fingerprint density at radius 3 is 2.49 bits per heavy atom. The van der Waals surface area contributed by atoms with Gasteiger partial charge in [-0.25, -0.2) is 0 Å². The van der Waals surface area contributed by atoms with E-state index in [4.69, 9.17) is 9.47 Å². The van der Waals surface area contributed by atoms with E-state index in [0.717, 1.165) is 23.3 Å². The molecule has 2 aromatic carbocycles. The maximum Gasteiger partial charge on any atom is 0.254 e. The first-order valence-corrected chi connectivity index (χ1v) is 13.6. The molecule has 1 aliphatic heterocycles. The van der Waals surface area contributed by atoms with E-state index in [9.17, 15) is 9.59 Å². The quantitative estimate of drug-likeness (QED) is 0.204. The van der Waals surface area contributed by atoms with E-state index in [1.54, 1.807) is 27.2 Å². The van der Waals surface area contributed by atoms with Gasteiger partial charge in [-0.15, -0.1) is 17.9 Å². The highest BCUT2D eigenvalue weighted by molar-refractivity contribution is 7.09. The average Bonchev–Trinajstić information content (AvgIpc) is 3.60. The lowest BCUT2D eigenvalue weighted by Crippen LogP contribution is -2.42. The number of nitrogens with zero attached hydrogens (tertiary/aromatic N) is 2. The van der Waals surface area contributed by atoms with Crippen molar-refractivity contribution >= 4 is 23.2 Å². The molecule has 37 heavy (non-hydrogen) atoms. The normalized spacial score (nSPS) is 11.8. The molecular weight excluding hydrogens is 484 g/mol. The third-order valence-corrected chi connectivity index (χ3v) is 7.18. The van der Waals surface area contributed by atoms with Gasteiger partial charge in [-0.2, -0.15) is 0 Å². The summed E-state index contributed by atoms with van der Waals surface area (Å²) in [7, 11) is 0. The topological polar surface area (TPSA) is 59.1 Å². The predicted molar refractivity (Wildman–Crippen MR) is 147 cm³/mol. The molecule has 0 N–H and O–H groups in total. The minimum atomic E-state index is -0.174. The van der Waals surface area contributed by atoms with Gasteiger partial charge < -0.3 is 19.3 Å². The van der Waals surface area contributed by atoms with Crippen molar-refractivity contribution in [1.29, 1.82) is 0 Å². The van der Waals surface area contributed by atoms with E-state index in [0.29, 0.717) is 36.7 Å². The molecule has 0 bridgehead atoms. The molecule has 0 aliphatic carbocycles. The zero-order valence-corrected chi connectivity index (χ0v) is 22.2. The largest absolute Gasteiger partial charge is 0.454 e. The van der Waals surface area contributed by atoms with Crippen LogP contribution in [0.3, 0.4) is 0 Å². The molecule has 2 amide bonds. The molecule has 1 aromatic heterocycles. The van der Waals surface area contributed by atoms with Gasteiger partial charge in [0, 0.05) is 23.5 Å². The zero-order valence-electron chi connectivity index (χ0n) is 21.4. The predicted octanol–water partition coefficient (Wildman–Crippen LogP) is 6.07. The third-order valence-electron chi connectivity index (χ3n) is 6.32. The summed E-state index contributed by atoms with van der Waals surface area (Å²) >= 11 is 1.60. The Morgan fingerprint density at radius 1 is 0.973 bits per heavy atom. The molecule has 0 fully saturated rings. The van der Waals surface area contributed by atoms with Crippen molar-refractivity contribution in [3.63, 3.8) is 0 Å². The van der Waals surface area contributed by atoms with Crippen molar-refractivity contribution in [2.45, 2.75) is 45.7 Å². The second kappa shape index (κ2) is 13.1. The molecule has 6 nitrogen and oxygen atoms in total. The van der Waals surface area contributed by atoms with Gasteiger partial charge in [0.1, 0.15) is 6.54 Å². The summed E-state index contributed by atoms with van der Waals surface area (Å²) in [5, 5.41) is 2.00. The molecule has 0 saturated carbocycles. The number of ether oxygens (including phenoxy) is 2. The van der Waals surface area contributed by atoms with E-state index >= 15 is 0 Å². The number of unbranched alkanes of at least 4 members (excludes halogenated alkanes) is 2. The molecule has 4 rings (SSSR count). The summed E-state index contributed by atoms with van der Waals surface area (Å²) in [4.78, 5) is 31.3. The SMILES string of the molecule is C=CCN(CC(=O)N(Cc1ccc2c(c1)OCO2)Cc1cccs1)C(=O)c1ccc(CCCCC)cc1. The number of fused-ring (bicyclic) bond motifs is 1. The molecule has 0 atom stereocenters. The van der Waals surface area contributed by atoms with Crippen LogP contribution in [0.5, 0.6) is 11.5 Å². The van der Waals surface area contributed by atoms with Gasteiger partial charge in [-0.05, 0) is 59.7 Å². The van der Waals surface area contributed by atoms with Gasteiger partial charge in [0.2, 0.25) is 12.7 Å². The van der Waals surface area contributed by atoms with Crippen LogP contribution in [0.1, 0.15) is 52.5 Å². The highest BCUT2D eigenvalue weighted by atomic mass is 32.1. The number of hydrogen-bond donors (Lipinski definition) is 0. The van der Waals surface area contributed by atoms with Crippen LogP contribution in [0.2, 0.25) is 0 Å². The molecule has 0 radical (unpaired) electrons. The van der Waals surface area contributed by atoms with Crippen LogP contribution < -0.4 is 9.47 Å². The Labute approximate surface area is 223 Å². The summed E-state index contributed by atoms with van der Waals surface area (Å²) < 4.78 is 10.9. The minimum absolute atomic E-state index is 0.0287. The van der Waals surface area contributed by atoms with Gasteiger partial charge in [0.15, 0.2) is 11.5 Å². The molecule has 3 aromatic rings. The van der Waals surface area contributed by atoms with Gasteiger partial charge in [-0.3, -0.25) is 9.59 Å². The first kappa shape index (κ1) is 26.5. The number of amides is 2. The Bertz CT molecular complexity index is 1190. The van der Waals surface area contributed by atoms with Crippen LogP contribution in [0.15, 0.2) is 72.6 Å². The van der Waals surface area contributed by atoms with Crippen molar-refractivity contribution in [2.24, 2.45) is 0 Å². The highest BCUT2D eigenvalue weighted by Crippen LogP contribution is 2.33. The molecule has 194 valence electrons. The molecule has 1 aliphatic rings. The maximum atomic E-state index is 13.6. The fourth-order valence-corrected chi connectivity index (χ4v) is 5.02. The fourth-order valence-electron chi connectivity index (χ4n) is 4.30. The zero-order chi connectivity index (χ0) is 26.0. The number of thiophene rings is 1. The molecule has 7 heteroatoms. The molecule has 0 unspecified atom stereocenters. The van der Waals surface area contributed by atoms with Crippen LogP contribution in [0.25, 0.3) is 0 Å². The average molecular weight is 519 g/mol. The van der Waals surface area contributed by atoms with E-state index < -0.39 is 0 Å². The highest BCUT2D eigenvalue weighted by Gasteiger charge is 2.23. The number of carbonyl (C=O) groups is 2. The van der Waals surface area contributed by atoms with Crippen molar-refractivity contribution < 1.29 is 19.1 Å². The molecule has 0 spiro atoms. The van der Waals surface area contributed by atoms with Gasteiger partial charge in [0.25, 0.3) is 5.91 Å². The summed E-state index contributed by atoms with van der Waals surface area (Å²) in [6.45, 7) is 7.32. The summed E-state index contributed by atoms with van der Waals surface area (Å²) in [6, 6.07) is 17.5. The standard InChI is InChI=1S/C30H34N2O4S/c1-3-5-6-8-23-10-13-25(14-11-23)30(34)31(16-4-2)21-29(33)32(20-26-9-7-17-37-26)19-24-12-15-27-28(18-24)36-22-35-27/h4,7,9-15,17-18H,2-3,5-6,8,16,19-22H2,1H3. The lowest BCUT2D eigenvalue weighted by atomic mass is 10.0. The van der Waals surface area contributed by atoms with Crippen LogP contribution in [0, 0.1) is 0 Å². The Kier molecular flexibility index (Phi) is 9.38. The Balaban J connectivity index is 1.47. The monoisotopic (exact) mass is 518 g/mol. The van der Waals surface area contributed by atoms with Crippen molar-refractivity contribution in [1.82, 2.24) is 9.80 Å². The summed E-state index contributed by atoms with van der Waals surface area (Å²) in [5.41, 5.74) is 2.74. The maximum absolute atomic E-state index is 13.6. The van der Waals surface area contributed by atoms with E-state index in [1.807, 2.05) is 60.0 Å². The second-order valence-corrected chi connectivity index (χ2v) is 10.2. The van der Waals surface area contributed by atoms with Crippen LogP contribution in [-0.2, 0) is 24.3 Å².